The van der Waals surface area contributed by atoms with E-state index >= 15 is 0 Å². The van der Waals surface area contributed by atoms with E-state index in [-0.39, 0.29) is 17.1 Å². The number of thioether (sulfide) groups is 1. The summed E-state index contributed by atoms with van der Waals surface area (Å²) in [4.78, 5) is 36.9. The highest BCUT2D eigenvalue weighted by molar-refractivity contribution is 8.18. The number of rotatable bonds is 6. The predicted molar refractivity (Wildman–Crippen MR) is 104 cm³/mol. The van der Waals surface area contributed by atoms with Gasteiger partial charge in [0.05, 0.1) is 30.6 Å². The zero-order valence-corrected chi connectivity index (χ0v) is 15.9. The van der Waals surface area contributed by atoms with Gasteiger partial charge in [0.15, 0.2) is 0 Å². The molecule has 0 atom stereocenters. The number of nitro groups is 1. The molecule has 144 valence electrons. The number of hydrogen-bond acceptors (Lipinski definition) is 7. The smallest absolute Gasteiger partial charge is 0.293 e. The van der Waals surface area contributed by atoms with E-state index in [1.54, 1.807) is 30.3 Å². The molecule has 0 radical (unpaired) electrons. The topological polar surface area (TPSA) is 99.0 Å². The number of imide groups is 1. The number of nitro benzene ring substituents is 1. The number of benzene rings is 2. The first-order chi connectivity index (χ1) is 13.4. The van der Waals surface area contributed by atoms with E-state index < -0.39 is 16.1 Å². The van der Waals surface area contributed by atoms with Crippen molar-refractivity contribution in [2.45, 2.75) is 6.54 Å². The maximum atomic E-state index is 12.7. The van der Waals surface area contributed by atoms with Gasteiger partial charge in [0, 0.05) is 17.7 Å². The second-order valence-corrected chi connectivity index (χ2v) is 6.79. The molecule has 0 saturated carbocycles. The number of methoxy groups -OCH3 is 2. The standard InChI is InChI=1S/C19H16N2O6S/c1-26-14-7-12(8-15(10-14)27-2)9-17-18(22)20(19(23)28-17)11-13-5-3-4-6-16(13)21(24)25/h3-10H,11H2,1-2H3/b17-9-. The monoisotopic (exact) mass is 400 g/mol. The Labute approximate surface area is 164 Å². The molecular weight excluding hydrogens is 384 g/mol. The fourth-order valence-electron chi connectivity index (χ4n) is 2.69. The van der Waals surface area contributed by atoms with Gasteiger partial charge in [0.1, 0.15) is 11.5 Å². The van der Waals surface area contributed by atoms with Crippen LogP contribution in [0.3, 0.4) is 0 Å². The number of para-hydroxylation sites is 1. The van der Waals surface area contributed by atoms with E-state index in [0.717, 1.165) is 16.7 Å². The van der Waals surface area contributed by atoms with Crippen molar-refractivity contribution in [2.75, 3.05) is 14.2 Å². The van der Waals surface area contributed by atoms with Crippen molar-refractivity contribution in [1.29, 1.82) is 0 Å². The Kier molecular flexibility index (Phi) is 5.65. The van der Waals surface area contributed by atoms with E-state index in [9.17, 15) is 19.7 Å². The molecule has 2 amide bonds. The van der Waals surface area contributed by atoms with E-state index in [1.807, 2.05) is 0 Å². The van der Waals surface area contributed by atoms with E-state index in [2.05, 4.69) is 0 Å². The molecule has 0 bridgehead atoms. The number of nitrogens with zero attached hydrogens (tertiary/aromatic N) is 2. The number of hydrogen-bond donors (Lipinski definition) is 0. The van der Waals surface area contributed by atoms with Crippen LogP contribution in [0.15, 0.2) is 47.4 Å². The summed E-state index contributed by atoms with van der Waals surface area (Å²) in [5.41, 5.74) is 0.787. The van der Waals surface area contributed by atoms with Gasteiger partial charge < -0.3 is 9.47 Å². The van der Waals surface area contributed by atoms with Crippen LogP contribution in [0.25, 0.3) is 6.08 Å². The molecule has 1 fully saturated rings. The van der Waals surface area contributed by atoms with Crippen LogP contribution in [0.5, 0.6) is 11.5 Å². The fourth-order valence-corrected chi connectivity index (χ4v) is 3.53. The molecule has 0 spiro atoms. The third-order valence-electron chi connectivity index (χ3n) is 4.06. The van der Waals surface area contributed by atoms with Crippen LogP contribution in [0.2, 0.25) is 0 Å². The normalized spacial score (nSPS) is 15.2. The van der Waals surface area contributed by atoms with Crippen molar-refractivity contribution in [3.05, 3.63) is 68.6 Å². The summed E-state index contributed by atoms with van der Waals surface area (Å²) in [5, 5.41) is 10.7. The zero-order valence-electron chi connectivity index (χ0n) is 15.1. The Morgan fingerprint density at radius 3 is 2.36 bits per heavy atom. The average Bonchev–Trinajstić information content (AvgIpc) is 2.95. The van der Waals surface area contributed by atoms with Crippen LogP contribution < -0.4 is 9.47 Å². The number of amides is 2. The van der Waals surface area contributed by atoms with Gasteiger partial charge in [-0.25, -0.2) is 0 Å². The molecular formula is C19H16N2O6S. The molecule has 0 N–H and O–H groups in total. The minimum Gasteiger partial charge on any atom is -0.497 e. The van der Waals surface area contributed by atoms with Crippen LogP contribution in [0.1, 0.15) is 11.1 Å². The Morgan fingerprint density at radius 2 is 1.75 bits per heavy atom. The predicted octanol–water partition coefficient (Wildman–Crippen LogP) is 3.85. The van der Waals surface area contributed by atoms with E-state index in [0.29, 0.717) is 22.6 Å². The summed E-state index contributed by atoms with van der Waals surface area (Å²) < 4.78 is 10.4. The molecule has 28 heavy (non-hydrogen) atoms. The van der Waals surface area contributed by atoms with E-state index in [4.69, 9.17) is 9.47 Å². The summed E-state index contributed by atoms with van der Waals surface area (Å²) in [7, 11) is 3.03. The molecule has 8 nitrogen and oxygen atoms in total. The highest BCUT2D eigenvalue weighted by atomic mass is 32.2. The third kappa shape index (κ3) is 3.99. The lowest BCUT2D eigenvalue weighted by molar-refractivity contribution is -0.385. The molecule has 1 heterocycles. The van der Waals surface area contributed by atoms with Crippen molar-refractivity contribution >= 4 is 34.7 Å². The molecule has 1 saturated heterocycles. The molecule has 2 aromatic carbocycles. The van der Waals surface area contributed by atoms with Crippen LogP contribution in [-0.2, 0) is 11.3 Å². The van der Waals surface area contributed by atoms with Crippen LogP contribution >= 0.6 is 11.8 Å². The summed E-state index contributed by atoms with van der Waals surface area (Å²) in [6, 6.07) is 11.1. The maximum absolute atomic E-state index is 12.7. The number of carbonyl (C=O) groups is 2. The average molecular weight is 400 g/mol. The maximum Gasteiger partial charge on any atom is 0.293 e. The Hall–Kier alpha value is -3.33. The minimum atomic E-state index is -0.535. The molecule has 9 heteroatoms. The van der Waals surface area contributed by atoms with Gasteiger partial charge in [0.2, 0.25) is 0 Å². The molecule has 0 aliphatic carbocycles. The second-order valence-electron chi connectivity index (χ2n) is 5.80. The van der Waals surface area contributed by atoms with Crippen LogP contribution in [-0.4, -0.2) is 35.2 Å². The lowest BCUT2D eigenvalue weighted by atomic mass is 10.1. The first kappa shape index (κ1) is 19.4. The van der Waals surface area contributed by atoms with Gasteiger partial charge in [-0.05, 0) is 35.5 Å². The SMILES string of the molecule is COc1cc(/C=C2\SC(=O)N(Cc3ccccc3[N+](=O)[O-])C2=O)cc(OC)c1. The van der Waals surface area contributed by atoms with Gasteiger partial charge in [0.25, 0.3) is 16.8 Å². The Balaban J connectivity index is 1.88. The lowest BCUT2D eigenvalue weighted by Gasteiger charge is -2.12. The third-order valence-corrected chi connectivity index (χ3v) is 4.97. The van der Waals surface area contributed by atoms with Crippen molar-refractivity contribution in [3.63, 3.8) is 0 Å². The largest absolute Gasteiger partial charge is 0.497 e. The molecule has 2 aromatic rings. The van der Waals surface area contributed by atoms with Gasteiger partial charge in [-0.15, -0.1) is 0 Å². The highest BCUT2D eigenvalue weighted by Gasteiger charge is 2.36. The van der Waals surface area contributed by atoms with E-state index in [1.165, 1.54) is 32.4 Å². The molecule has 0 aromatic heterocycles. The minimum absolute atomic E-state index is 0.136. The van der Waals surface area contributed by atoms with Crippen LogP contribution in [0.4, 0.5) is 10.5 Å². The van der Waals surface area contributed by atoms with Crippen molar-refractivity contribution in [2.24, 2.45) is 0 Å². The van der Waals surface area contributed by atoms with Crippen molar-refractivity contribution in [3.8, 4) is 11.5 Å². The first-order valence-electron chi connectivity index (χ1n) is 8.13. The lowest BCUT2D eigenvalue weighted by Crippen LogP contribution is -2.27. The van der Waals surface area contributed by atoms with Gasteiger partial charge in [-0.2, -0.15) is 0 Å². The Morgan fingerprint density at radius 1 is 1.11 bits per heavy atom. The van der Waals surface area contributed by atoms with Crippen molar-refractivity contribution < 1.29 is 24.0 Å². The fraction of sp³-hybridized carbons (Fsp3) is 0.158. The molecule has 3 rings (SSSR count). The molecule has 0 unspecified atom stereocenters. The number of carbonyl (C=O) groups excluding carboxylic acids is 2. The van der Waals surface area contributed by atoms with Gasteiger partial charge in [-0.3, -0.25) is 24.6 Å². The van der Waals surface area contributed by atoms with Gasteiger partial charge in [-0.1, -0.05) is 18.2 Å². The zero-order chi connectivity index (χ0) is 20.3. The quantitative estimate of drug-likeness (QED) is 0.412. The summed E-state index contributed by atoms with van der Waals surface area (Å²) >= 11 is 0.784. The Bertz CT molecular complexity index is 966. The van der Waals surface area contributed by atoms with Crippen molar-refractivity contribution in [1.82, 2.24) is 4.90 Å². The first-order valence-corrected chi connectivity index (χ1v) is 8.95. The number of ether oxygens (including phenoxy) is 2. The summed E-state index contributed by atoms with van der Waals surface area (Å²) in [6.45, 7) is -0.166. The van der Waals surface area contributed by atoms with Gasteiger partial charge >= 0.3 is 0 Å². The van der Waals surface area contributed by atoms with Crippen LogP contribution in [0, 0.1) is 10.1 Å². The highest BCUT2D eigenvalue weighted by Crippen LogP contribution is 2.35. The summed E-state index contributed by atoms with van der Waals surface area (Å²) in [6.07, 6.45) is 1.56. The molecule has 1 aliphatic rings. The molecule has 1 aliphatic heterocycles. The second kappa shape index (κ2) is 8.13. The summed E-state index contributed by atoms with van der Waals surface area (Å²) in [5.74, 6) is 0.587.